The molecule has 0 aliphatic carbocycles. The van der Waals surface area contributed by atoms with E-state index in [4.69, 9.17) is 9.15 Å². The van der Waals surface area contributed by atoms with E-state index in [1.807, 2.05) is 19.2 Å². The number of carbonyl (C=O) groups excluding carboxylic acids is 1. The van der Waals surface area contributed by atoms with E-state index in [2.05, 4.69) is 11.5 Å². The van der Waals surface area contributed by atoms with Crippen LogP contribution in [0.5, 0.6) is 0 Å². The molecule has 1 aliphatic rings. The number of furan rings is 1. The molecule has 4 rings (SSSR count). The Bertz CT molecular complexity index is 1070. The second-order valence-corrected chi connectivity index (χ2v) is 7.03. The molecule has 5 heteroatoms. The molecule has 1 aromatic heterocycles. The van der Waals surface area contributed by atoms with Crippen LogP contribution in [0.1, 0.15) is 35.7 Å². The summed E-state index contributed by atoms with van der Waals surface area (Å²) in [6.07, 6.45) is 1.93. The van der Waals surface area contributed by atoms with Crippen molar-refractivity contribution in [3.63, 3.8) is 0 Å². The summed E-state index contributed by atoms with van der Waals surface area (Å²) in [6, 6.07) is 9.83. The molecule has 0 unspecified atom stereocenters. The Kier molecular flexibility index (Phi) is 4.67. The summed E-state index contributed by atoms with van der Waals surface area (Å²) >= 11 is 0. The first kappa shape index (κ1) is 18.3. The van der Waals surface area contributed by atoms with Crippen molar-refractivity contribution >= 4 is 28.2 Å². The van der Waals surface area contributed by atoms with E-state index in [0.717, 1.165) is 36.2 Å². The van der Waals surface area contributed by atoms with Gasteiger partial charge >= 0.3 is 5.97 Å². The number of hydrogen-bond acceptors (Lipinski definition) is 4. The minimum atomic E-state index is -0.451. The lowest BCUT2D eigenvalue weighted by molar-refractivity contribution is 0.0528. The van der Waals surface area contributed by atoms with Gasteiger partial charge in [-0.2, -0.15) is 0 Å². The molecule has 0 saturated heterocycles. The molecule has 0 N–H and O–H groups in total. The highest BCUT2D eigenvalue weighted by Crippen LogP contribution is 2.41. The maximum Gasteiger partial charge on any atom is 0.342 e. The highest BCUT2D eigenvalue weighted by molar-refractivity contribution is 6.10. The summed E-state index contributed by atoms with van der Waals surface area (Å²) in [5.74, 6) is -0.405. The molecular formula is C23H22FNO3. The van der Waals surface area contributed by atoms with E-state index in [-0.39, 0.29) is 12.4 Å². The van der Waals surface area contributed by atoms with Gasteiger partial charge in [-0.15, -0.1) is 0 Å². The molecule has 0 bridgehead atoms. The molecule has 2 heterocycles. The molecule has 144 valence electrons. The van der Waals surface area contributed by atoms with Crippen LogP contribution < -0.4 is 4.90 Å². The van der Waals surface area contributed by atoms with Gasteiger partial charge in [0.1, 0.15) is 22.7 Å². The minimum Gasteiger partial charge on any atom is -0.462 e. The first-order chi connectivity index (χ1) is 13.5. The minimum absolute atomic E-state index is 0.259. The smallest absolute Gasteiger partial charge is 0.342 e. The molecule has 0 radical (unpaired) electrons. The van der Waals surface area contributed by atoms with Gasteiger partial charge in [0.05, 0.1) is 6.61 Å². The number of anilines is 1. The fourth-order valence-corrected chi connectivity index (χ4v) is 3.73. The van der Waals surface area contributed by atoms with Gasteiger partial charge in [0.2, 0.25) is 0 Å². The first-order valence-electron chi connectivity index (χ1n) is 9.42. The summed E-state index contributed by atoms with van der Waals surface area (Å²) in [6.45, 7) is 7.17. The lowest BCUT2D eigenvalue weighted by atomic mass is 9.98. The second kappa shape index (κ2) is 7.15. The van der Waals surface area contributed by atoms with Crippen LogP contribution in [0, 0.1) is 5.82 Å². The van der Waals surface area contributed by atoms with Crippen LogP contribution in [0.3, 0.4) is 0 Å². The molecule has 0 spiro atoms. The van der Waals surface area contributed by atoms with Gasteiger partial charge in [-0.05, 0) is 55.7 Å². The quantitative estimate of drug-likeness (QED) is 0.551. The van der Waals surface area contributed by atoms with Crippen LogP contribution in [-0.2, 0) is 4.74 Å². The summed E-state index contributed by atoms with van der Waals surface area (Å²) in [5.41, 5.74) is 4.69. The van der Waals surface area contributed by atoms with Crippen molar-refractivity contribution in [2.45, 2.75) is 19.8 Å². The van der Waals surface area contributed by atoms with Crippen molar-refractivity contribution in [2.24, 2.45) is 0 Å². The van der Waals surface area contributed by atoms with Crippen molar-refractivity contribution in [3.8, 4) is 11.3 Å². The number of esters is 1. The lowest BCUT2D eigenvalue weighted by Crippen LogP contribution is -2.17. The maximum atomic E-state index is 13.4. The Balaban J connectivity index is 1.99. The predicted molar refractivity (Wildman–Crippen MR) is 109 cm³/mol. The molecule has 3 aromatic rings. The van der Waals surface area contributed by atoms with E-state index in [9.17, 15) is 9.18 Å². The van der Waals surface area contributed by atoms with Crippen molar-refractivity contribution in [1.29, 1.82) is 0 Å². The largest absolute Gasteiger partial charge is 0.462 e. The molecule has 1 aliphatic heterocycles. The van der Waals surface area contributed by atoms with E-state index in [1.165, 1.54) is 12.1 Å². The Morgan fingerprint density at radius 2 is 2.04 bits per heavy atom. The number of nitrogens with zero attached hydrogens (tertiary/aromatic N) is 1. The highest BCUT2D eigenvalue weighted by Gasteiger charge is 2.26. The summed E-state index contributed by atoms with van der Waals surface area (Å²) in [5, 5.41) is 0.688. The van der Waals surface area contributed by atoms with E-state index in [1.54, 1.807) is 19.1 Å². The van der Waals surface area contributed by atoms with Gasteiger partial charge in [0.25, 0.3) is 0 Å². The Hall–Kier alpha value is -3.08. The molecule has 0 amide bonds. The fourth-order valence-electron chi connectivity index (χ4n) is 3.73. The maximum absolute atomic E-state index is 13.4. The van der Waals surface area contributed by atoms with Gasteiger partial charge in [0, 0.05) is 41.9 Å². The number of benzene rings is 2. The third-order valence-corrected chi connectivity index (χ3v) is 5.16. The van der Waals surface area contributed by atoms with Crippen LogP contribution in [0.15, 0.2) is 47.4 Å². The van der Waals surface area contributed by atoms with Crippen molar-refractivity contribution in [1.82, 2.24) is 0 Å². The van der Waals surface area contributed by atoms with E-state index >= 15 is 0 Å². The number of hydrogen-bond donors (Lipinski definition) is 0. The number of halogens is 1. The SMILES string of the molecule is C=C1CCCN(C)c2cc3oc(-c4ccc(F)cc4)c(C(=O)OCC)c3cc21. The normalized spacial score (nSPS) is 14.1. The molecule has 0 atom stereocenters. The Labute approximate surface area is 163 Å². The Morgan fingerprint density at radius 3 is 2.75 bits per heavy atom. The first-order valence-corrected chi connectivity index (χ1v) is 9.42. The van der Waals surface area contributed by atoms with Crippen LogP contribution in [0.2, 0.25) is 0 Å². The molecule has 28 heavy (non-hydrogen) atoms. The molecule has 0 saturated carbocycles. The number of fused-ring (bicyclic) bond motifs is 2. The van der Waals surface area contributed by atoms with Gasteiger partial charge in [-0.1, -0.05) is 6.58 Å². The third kappa shape index (κ3) is 3.07. The number of carbonyl (C=O) groups is 1. The molecular weight excluding hydrogens is 357 g/mol. The average molecular weight is 379 g/mol. The van der Waals surface area contributed by atoms with Crippen molar-refractivity contribution in [2.75, 3.05) is 25.1 Å². The second-order valence-electron chi connectivity index (χ2n) is 7.03. The average Bonchev–Trinajstić information content (AvgIpc) is 2.99. The van der Waals surface area contributed by atoms with E-state index < -0.39 is 5.97 Å². The van der Waals surface area contributed by atoms with Crippen molar-refractivity contribution in [3.05, 3.63) is 59.9 Å². The monoisotopic (exact) mass is 379 g/mol. The Morgan fingerprint density at radius 1 is 1.29 bits per heavy atom. The number of rotatable bonds is 3. The highest BCUT2D eigenvalue weighted by atomic mass is 19.1. The van der Waals surface area contributed by atoms with E-state index in [0.29, 0.717) is 27.9 Å². The standard InChI is InChI=1S/C23H22FNO3/c1-4-27-23(26)21-18-12-17-14(2)6-5-11-25(3)19(17)13-20(18)28-22(21)15-7-9-16(24)10-8-15/h7-10,12-13H,2,4-6,11H2,1,3H3. The van der Waals surface area contributed by atoms with Crippen LogP contribution in [0.4, 0.5) is 10.1 Å². The molecule has 4 nitrogen and oxygen atoms in total. The molecule has 2 aromatic carbocycles. The van der Waals surface area contributed by atoms with Gasteiger partial charge < -0.3 is 14.1 Å². The fraction of sp³-hybridized carbons (Fsp3) is 0.261. The zero-order valence-electron chi connectivity index (χ0n) is 16.0. The zero-order valence-corrected chi connectivity index (χ0v) is 16.0. The summed E-state index contributed by atoms with van der Waals surface area (Å²) < 4.78 is 24.8. The van der Waals surface area contributed by atoms with Gasteiger partial charge in [-0.3, -0.25) is 0 Å². The lowest BCUT2D eigenvalue weighted by Gasteiger charge is -2.19. The summed E-state index contributed by atoms with van der Waals surface area (Å²) in [7, 11) is 2.04. The van der Waals surface area contributed by atoms with Crippen LogP contribution >= 0.6 is 0 Å². The third-order valence-electron chi connectivity index (χ3n) is 5.16. The van der Waals surface area contributed by atoms with Gasteiger partial charge in [-0.25, -0.2) is 9.18 Å². The number of ether oxygens (including phenoxy) is 1. The summed E-state index contributed by atoms with van der Waals surface area (Å²) in [4.78, 5) is 15.0. The van der Waals surface area contributed by atoms with Crippen LogP contribution in [0.25, 0.3) is 27.9 Å². The van der Waals surface area contributed by atoms with Gasteiger partial charge in [0.15, 0.2) is 0 Å². The zero-order chi connectivity index (χ0) is 19.8. The predicted octanol–water partition coefficient (Wildman–Crippen LogP) is 5.66. The van der Waals surface area contributed by atoms with Crippen molar-refractivity contribution < 1.29 is 18.3 Å². The number of allylic oxidation sites excluding steroid dienone is 1. The molecule has 0 fully saturated rings. The topological polar surface area (TPSA) is 42.7 Å². The van der Waals surface area contributed by atoms with Crippen LogP contribution in [-0.4, -0.2) is 26.2 Å².